The quantitative estimate of drug-likeness (QED) is 0.239. The number of nitrogens with zero attached hydrogens (tertiary/aromatic N) is 1. The van der Waals surface area contributed by atoms with Gasteiger partial charge in [-0.05, 0) is 109 Å². The van der Waals surface area contributed by atoms with E-state index in [4.69, 9.17) is 0 Å². The molecule has 4 saturated carbocycles. The minimum Gasteiger partial charge on any atom is -0.393 e. The van der Waals surface area contributed by atoms with Gasteiger partial charge in [0.2, 0.25) is 0 Å². The van der Waals surface area contributed by atoms with Crippen molar-refractivity contribution in [3.05, 3.63) is 11.6 Å². The number of hydrogen-bond acceptors (Lipinski definition) is 3. The van der Waals surface area contributed by atoms with Gasteiger partial charge < -0.3 is 5.11 Å². The molecule has 5 rings (SSSR count). The molecule has 198 valence electrons. The second-order valence-corrected chi connectivity index (χ2v) is 15.6. The van der Waals surface area contributed by atoms with Crippen molar-refractivity contribution in [2.75, 3.05) is 7.05 Å². The van der Waals surface area contributed by atoms with Crippen molar-refractivity contribution in [1.82, 2.24) is 5.06 Å². The number of fused-ring (bicyclic) bond motifs is 7. The van der Waals surface area contributed by atoms with E-state index < -0.39 is 5.41 Å². The van der Waals surface area contributed by atoms with Gasteiger partial charge in [-0.2, -0.15) is 0 Å². The maximum absolute atomic E-state index is 13.6. The molecule has 5 aliphatic rings. The maximum Gasteiger partial charge on any atom is 0.252 e. The van der Waals surface area contributed by atoms with Crippen molar-refractivity contribution in [3.63, 3.8) is 0 Å². The van der Waals surface area contributed by atoms with Crippen molar-refractivity contribution < 1.29 is 15.1 Å². The van der Waals surface area contributed by atoms with Crippen molar-refractivity contribution >= 4 is 5.91 Å². The summed E-state index contributed by atoms with van der Waals surface area (Å²) in [6.45, 7) is 17.0. The molecule has 4 heteroatoms. The molecule has 35 heavy (non-hydrogen) atoms. The van der Waals surface area contributed by atoms with E-state index in [1.165, 1.54) is 19.9 Å². The largest absolute Gasteiger partial charge is 0.393 e. The zero-order valence-corrected chi connectivity index (χ0v) is 23.7. The molecular weight excluding hydrogens is 434 g/mol. The van der Waals surface area contributed by atoms with E-state index in [9.17, 15) is 15.1 Å². The number of carbonyl (C=O) groups is 1. The Kier molecular flexibility index (Phi) is 5.59. The average molecular weight is 486 g/mol. The Bertz CT molecular complexity index is 936. The highest BCUT2D eigenvalue weighted by molar-refractivity contribution is 5.83. The third-order valence-corrected chi connectivity index (χ3v) is 13.3. The van der Waals surface area contributed by atoms with E-state index in [0.29, 0.717) is 11.8 Å². The minimum atomic E-state index is -0.453. The highest BCUT2D eigenvalue weighted by Gasteiger charge is 2.69. The van der Waals surface area contributed by atoms with E-state index in [1.54, 1.807) is 5.57 Å². The van der Waals surface area contributed by atoms with Crippen LogP contribution in [0.2, 0.25) is 0 Å². The normalized spacial score (nSPS) is 50.1. The zero-order chi connectivity index (χ0) is 25.8. The summed E-state index contributed by atoms with van der Waals surface area (Å²) in [5.74, 6) is 1.32. The third kappa shape index (κ3) is 3.20. The van der Waals surface area contributed by atoms with Gasteiger partial charge in [0.05, 0.1) is 11.5 Å². The molecule has 0 aromatic carbocycles. The summed E-state index contributed by atoms with van der Waals surface area (Å²) in [4.78, 5) is 13.6. The molecule has 0 heterocycles. The van der Waals surface area contributed by atoms with Gasteiger partial charge in [-0.3, -0.25) is 10.0 Å². The molecule has 4 nitrogen and oxygen atoms in total. The lowest BCUT2D eigenvalue weighted by molar-refractivity contribution is -0.208. The van der Waals surface area contributed by atoms with Crippen LogP contribution in [0.3, 0.4) is 0 Å². The second-order valence-electron chi connectivity index (χ2n) is 15.6. The molecule has 2 N–H and O–H groups in total. The fourth-order valence-electron chi connectivity index (χ4n) is 10.9. The minimum absolute atomic E-state index is 0.0352. The Balaban J connectivity index is 1.60. The number of aliphatic hydroxyl groups is 1. The van der Waals surface area contributed by atoms with E-state index in [-0.39, 0.29) is 45.0 Å². The SMILES string of the molecule is CN(O)C(=O)[C@]12CCC(C)(C)C[C@H]1C1=CC[C@@H]3[C@@]4(C)CC[C@H](O)C(C)(C)[C@@H]4CC[C@@]3(C)[C@]1(C)CC2. The zero-order valence-electron chi connectivity index (χ0n) is 23.7. The second kappa shape index (κ2) is 7.59. The van der Waals surface area contributed by atoms with Gasteiger partial charge in [-0.25, -0.2) is 5.06 Å². The van der Waals surface area contributed by atoms with Crippen molar-refractivity contribution in [1.29, 1.82) is 0 Å². The van der Waals surface area contributed by atoms with Gasteiger partial charge in [-0.15, -0.1) is 0 Å². The molecule has 0 saturated heterocycles. The fourth-order valence-corrected chi connectivity index (χ4v) is 10.9. The summed E-state index contributed by atoms with van der Waals surface area (Å²) in [6, 6.07) is 0. The smallest absolute Gasteiger partial charge is 0.252 e. The number of hydrogen-bond donors (Lipinski definition) is 2. The molecule has 0 aromatic rings. The summed E-state index contributed by atoms with van der Waals surface area (Å²) in [7, 11) is 1.52. The van der Waals surface area contributed by atoms with Crippen molar-refractivity contribution in [2.45, 2.75) is 119 Å². The number of rotatable bonds is 1. The predicted molar refractivity (Wildman–Crippen MR) is 140 cm³/mol. The van der Waals surface area contributed by atoms with Crippen LogP contribution in [0.1, 0.15) is 113 Å². The first-order chi connectivity index (χ1) is 16.1. The van der Waals surface area contributed by atoms with Gasteiger partial charge in [0, 0.05) is 7.05 Å². The fraction of sp³-hybridized carbons (Fsp3) is 0.903. The highest BCUT2D eigenvalue weighted by Crippen LogP contribution is 2.75. The van der Waals surface area contributed by atoms with E-state index in [2.05, 4.69) is 54.5 Å². The van der Waals surface area contributed by atoms with Gasteiger partial charge in [0.25, 0.3) is 5.91 Å². The molecular formula is C31H51NO3. The van der Waals surface area contributed by atoms with Gasteiger partial charge >= 0.3 is 0 Å². The first kappa shape index (κ1) is 25.8. The number of aliphatic hydroxyl groups excluding tert-OH is 1. The van der Waals surface area contributed by atoms with Crippen LogP contribution >= 0.6 is 0 Å². The Labute approximate surface area is 213 Å². The molecule has 8 atom stereocenters. The van der Waals surface area contributed by atoms with Crippen LogP contribution in [0.4, 0.5) is 0 Å². The summed E-state index contributed by atoms with van der Waals surface area (Å²) in [5.41, 5.74) is 1.79. The Morgan fingerprint density at radius 2 is 1.57 bits per heavy atom. The average Bonchev–Trinajstić information content (AvgIpc) is 2.76. The van der Waals surface area contributed by atoms with E-state index in [0.717, 1.165) is 56.4 Å². The third-order valence-electron chi connectivity index (χ3n) is 13.3. The standard InChI is InChI=1S/C31H51NO3/c1-26(2)15-17-31(25(34)32(8)35)18-16-29(6)20(21(31)19-26)9-10-23-28(5)13-12-24(33)27(3,4)22(28)11-14-30(23,29)7/h9,21-24,33,35H,10-19H2,1-8H3/t21-,22-,23+,24-,28-,29+,30+,31-/m0/s1. The number of carbonyl (C=O) groups excluding carboxylic acids is 1. The molecule has 0 spiro atoms. The number of amides is 1. The van der Waals surface area contributed by atoms with Crippen LogP contribution in [-0.4, -0.2) is 34.4 Å². The lowest BCUT2D eigenvalue weighted by Gasteiger charge is -2.71. The molecule has 0 aliphatic heterocycles. The lowest BCUT2D eigenvalue weighted by Crippen LogP contribution is -2.65. The maximum atomic E-state index is 13.6. The summed E-state index contributed by atoms with van der Waals surface area (Å²) in [6.07, 6.45) is 12.8. The number of allylic oxidation sites excluding steroid dienone is 2. The topological polar surface area (TPSA) is 60.8 Å². The summed E-state index contributed by atoms with van der Waals surface area (Å²) >= 11 is 0. The van der Waals surface area contributed by atoms with E-state index in [1.807, 2.05) is 0 Å². The van der Waals surface area contributed by atoms with Crippen LogP contribution < -0.4 is 0 Å². The molecule has 0 aromatic heterocycles. The van der Waals surface area contributed by atoms with Crippen molar-refractivity contribution in [2.24, 2.45) is 50.2 Å². The van der Waals surface area contributed by atoms with Crippen molar-refractivity contribution in [3.8, 4) is 0 Å². The molecule has 4 fully saturated rings. The Morgan fingerprint density at radius 1 is 0.914 bits per heavy atom. The monoisotopic (exact) mass is 485 g/mol. The first-order valence-electron chi connectivity index (χ1n) is 14.4. The van der Waals surface area contributed by atoms with Gasteiger partial charge in [0.15, 0.2) is 0 Å². The predicted octanol–water partition coefficient (Wildman–Crippen LogP) is 7.00. The van der Waals surface area contributed by atoms with E-state index >= 15 is 0 Å². The van der Waals surface area contributed by atoms with Crippen LogP contribution in [0.25, 0.3) is 0 Å². The highest BCUT2D eigenvalue weighted by atomic mass is 16.5. The molecule has 0 radical (unpaired) electrons. The summed E-state index contributed by atoms with van der Waals surface area (Å²) < 4.78 is 0. The molecule has 5 aliphatic carbocycles. The van der Waals surface area contributed by atoms with Gasteiger partial charge in [0.1, 0.15) is 0 Å². The molecule has 0 bridgehead atoms. The lowest BCUT2D eigenvalue weighted by atomic mass is 9.33. The van der Waals surface area contributed by atoms with Crippen LogP contribution in [-0.2, 0) is 4.79 Å². The van der Waals surface area contributed by atoms with Crippen LogP contribution in [0, 0.1) is 50.2 Å². The summed E-state index contributed by atoms with van der Waals surface area (Å²) in [5, 5.41) is 22.1. The number of hydroxylamine groups is 2. The Hall–Kier alpha value is -0.870. The van der Waals surface area contributed by atoms with Crippen LogP contribution in [0.5, 0.6) is 0 Å². The van der Waals surface area contributed by atoms with Gasteiger partial charge in [-0.1, -0.05) is 60.1 Å². The Morgan fingerprint density at radius 3 is 2.23 bits per heavy atom. The molecule has 1 amide bonds. The van der Waals surface area contributed by atoms with Crippen LogP contribution in [0.15, 0.2) is 11.6 Å². The first-order valence-corrected chi connectivity index (χ1v) is 14.4. The molecule has 0 unspecified atom stereocenters.